The lowest BCUT2D eigenvalue weighted by atomic mass is 10.2. The molecule has 0 radical (unpaired) electrons. The largest absolute Gasteiger partial charge is 0.396 e. The molecule has 3 aromatic rings. The molecule has 102 valence electrons. The van der Waals surface area contributed by atoms with Crippen LogP contribution in [0.15, 0.2) is 42.6 Å². The first kappa shape index (κ1) is 12.7. The Morgan fingerprint density at radius 1 is 1.20 bits per heavy atom. The van der Waals surface area contributed by atoms with Crippen molar-refractivity contribution in [1.82, 2.24) is 14.5 Å². The fourth-order valence-corrected chi connectivity index (χ4v) is 2.25. The SMILES string of the molecule is OCCCc1nc2cccnc2n1-c1cccc(F)c1. The molecule has 1 aromatic carbocycles. The van der Waals surface area contributed by atoms with Crippen LogP contribution in [0.3, 0.4) is 0 Å². The zero-order valence-electron chi connectivity index (χ0n) is 10.8. The van der Waals surface area contributed by atoms with Gasteiger partial charge in [0.25, 0.3) is 0 Å². The highest BCUT2D eigenvalue weighted by Gasteiger charge is 2.13. The standard InChI is InChI=1S/C15H14FN3O/c16-11-4-1-5-12(10-11)19-14(7-3-9-20)18-13-6-2-8-17-15(13)19/h1-2,4-6,8,10,20H,3,7,9H2. The van der Waals surface area contributed by atoms with Crippen LogP contribution in [-0.4, -0.2) is 26.2 Å². The molecule has 0 saturated heterocycles. The first-order valence-electron chi connectivity index (χ1n) is 6.49. The van der Waals surface area contributed by atoms with E-state index in [-0.39, 0.29) is 12.4 Å². The van der Waals surface area contributed by atoms with Gasteiger partial charge in [-0.15, -0.1) is 0 Å². The maximum Gasteiger partial charge on any atom is 0.164 e. The van der Waals surface area contributed by atoms with Gasteiger partial charge in [-0.25, -0.2) is 14.4 Å². The number of aromatic nitrogens is 3. The Labute approximate surface area is 115 Å². The van der Waals surface area contributed by atoms with Gasteiger partial charge in [0.15, 0.2) is 5.65 Å². The molecule has 0 bridgehead atoms. The van der Waals surface area contributed by atoms with Crippen LogP contribution in [-0.2, 0) is 6.42 Å². The van der Waals surface area contributed by atoms with E-state index < -0.39 is 0 Å². The van der Waals surface area contributed by atoms with Gasteiger partial charge in [0.2, 0.25) is 0 Å². The maximum atomic E-state index is 13.4. The fraction of sp³-hybridized carbons (Fsp3) is 0.200. The van der Waals surface area contributed by atoms with E-state index >= 15 is 0 Å². The highest BCUT2D eigenvalue weighted by Crippen LogP contribution is 2.21. The van der Waals surface area contributed by atoms with Gasteiger partial charge >= 0.3 is 0 Å². The van der Waals surface area contributed by atoms with Gasteiger partial charge in [0.1, 0.15) is 17.2 Å². The molecule has 5 heteroatoms. The summed E-state index contributed by atoms with van der Waals surface area (Å²) in [5.74, 6) is 0.478. The lowest BCUT2D eigenvalue weighted by Gasteiger charge is -2.08. The van der Waals surface area contributed by atoms with E-state index in [4.69, 9.17) is 5.11 Å². The number of fused-ring (bicyclic) bond motifs is 1. The zero-order valence-corrected chi connectivity index (χ0v) is 10.8. The second-order valence-electron chi connectivity index (χ2n) is 4.52. The Kier molecular flexibility index (Phi) is 3.43. The Bertz CT molecular complexity index is 739. The Morgan fingerprint density at radius 3 is 2.90 bits per heavy atom. The highest BCUT2D eigenvalue weighted by atomic mass is 19.1. The number of hydrogen-bond donors (Lipinski definition) is 1. The van der Waals surface area contributed by atoms with Crippen molar-refractivity contribution in [2.24, 2.45) is 0 Å². The molecule has 0 spiro atoms. The smallest absolute Gasteiger partial charge is 0.164 e. The van der Waals surface area contributed by atoms with Gasteiger partial charge in [0.05, 0.1) is 5.69 Å². The number of aryl methyl sites for hydroxylation is 1. The van der Waals surface area contributed by atoms with Gasteiger partial charge in [-0.3, -0.25) is 4.57 Å². The molecule has 0 fully saturated rings. The number of aliphatic hydroxyl groups is 1. The van der Waals surface area contributed by atoms with Crippen molar-refractivity contribution in [3.05, 3.63) is 54.2 Å². The monoisotopic (exact) mass is 271 g/mol. The first-order chi connectivity index (χ1) is 9.79. The maximum absolute atomic E-state index is 13.4. The Balaban J connectivity index is 2.20. The predicted molar refractivity (Wildman–Crippen MR) is 74.2 cm³/mol. The molecule has 0 aliphatic carbocycles. The molecule has 3 rings (SSSR count). The number of aliphatic hydroxyl groups excluding tert-OH is 1. The summed E-state index contributed by atoms with van der Waals surface area (Å²) >= 11 is 0. The number of pyridine rings is 1. The van der Waals surface area contributed by atoms with Crippen molar-refractivity contribution < 1.29 is 9.50 Å². The van der Waals surface area contributed by atoms with Crippen LogP contribution < -0.4 is 0 Å². The summed E-state index contributed by atoms with van der Waals surface area (Å²) in [4.78, 5) is 8.85. The number of hydrogen-bond acceptors (Lipinski definition) is 3. The first-order valence-corrected chi connectivity index (χ1v) is 6.49. The third kappa shape index (κ3) is 2.28. The van der Waals surface area contributed by atoms with E-state index in [9.17, 15) is 4.39 Å². The number of halogens is 1. The minimum atomic E-state index is -0.298. The van der Waals surface area contributed by atoms with E-state index in [2.05, 4.69) is 9.97 Å². The lowest BCUT2D eigenvalue weighted by Crippen LogP contribution is -2.03. The van der Waals surface area contributed by atoms with Crippen LogP contribution in [0, 0.1) is 5.82 Å². The number of rotatable bonds is 4. The molecule has 0 saturated carbocycles. The third-order valence-electron chi connectivity index (χ3n) is 3.11. The highest BCUT2D eigenvalue weighted by molar-refractivity contribution is 5.73. The van der Waals surface area contributed by atoms with Crippen LogP contribution in [0.5, 0.6) is 0 Å². The van der Waals surface area contributed by atoms with Gasteiger partial charge in [-0.05, 0) is 36.8 Å². The molecule has 2 heterocycles. The predicted octanol–water partition coefficient (Wildman–Crippen LogP) is 2.48. The number of benzene rings is 1. The Hall–Kier alpha value is -2.27. The van der Waals surface area contributed by atoms with E-state index in [1.165, 1.54) is 12.1 Å². The van der Waals surface area contributed by atoms with Gasteiger partial charge in [-0.1, -0.05) is 6.07 Å². The van der Waals surface area contributed by atoms with Crippen LogP contribution >= 0.6 is 0 Å². The minimum absolute atomic E-state index is 0.0970. The second kappa shape index (κ2) is 5.38. The number of nitrogens with zero attached hydrogens (tertiary/aromatic N) is 3. The van der Waals surface area contributed by atoms with Crippen molar-refractivity contribution in [2.75, 3.05) is 6.61 Å². The molecule has 4 nitrogen and oxygen atoms in total. The van der Waals surface area contributed by atoms with Gasteiger partial charge in [-0.2, -0.15) is 0 Å². The summed E-state index contributed by atoms with van der Waals surface area (Å²) in [6.45, 7) is 0.0970. The Morgan fingerprint density at radius 2 is 2.10 bits per heavy atom. The van der Waals surface area contributed by atoms with E-state index in [0.717, 1.165) is 11.3 Å². The summed E-state index contributed by atoms with van der Waals surface area (Å²) in [6.07, 6.45) is 2.91. The molecule has 0 unspecified atom stereocenters. The summed E-state index contributed by atoms with van der Waals surface area (Å²) < 4.78 is 15.3. The van der Waals surface area contributed by atoms with Crippen LogP contribution in [0.1, 0.15) is 12.2 Å². The van der Waals surface area contributed by atoms with E-state index in [0.29, 0.717) is 24.2 Å². The van der Waals surface area contributed by atoms with Crippen LogP contribution in [0.25, 0.3) is 16.9 Å². The van der Waals surface area contributed by atoms with Gasteiger partial charge in [0, 0.05) is 19.2 Å². The van der Waals surface area contributed by atoms with Crippen molar-refractivity contribution in [3.8, 4) is 5.69 Å². The van der Waals surface area contributed by atoms with Crippen LogP contribution in [0.2, 0.25) is 0 Å². The average Bonchev–Trinajstić information content (AvgIpc) is 2.83. The molecule has 20 heavy (non-hydrogen) atoms. The average molecular weight is 271 g/mol. The van der Waals surface area contributed by atoms with Crippen LogP contribution in [0.4, 0.5) is 4.39 Å². The minimum Gasteiger partial charge on any atom is -0.396 e. The lowest BCUT2D eigenvalue weighted by molar-refractivity contribution is 0.287. The third-order valence-corrected chi connectivity index (χ3v) is 3.11. The molecule has 0 amide bonds. The molecule has 0 aliphatic heterocycles. The summed E-state index contributed by atoms with van der Waals surface area (Å²) in [6, 6.07) is 10.0. The van der Waals surface area contributed by atoms with Crippen molar-refractivity contribution >= 4 is 11.2 Å². The van der Waals surface area contributed by atoms with E-state index in [1.807, 2.05) is 22.8 Å². The zero-order chi connectivity index (χ0) is 13.9. The molecular weight excluding hydrogens is 257 g/mol. The normalized spacial score (nSPS) is 11.1. The van der Waals surface area contributed by atoms with E-state index in [1.54, 1.807) is 12.3 Å². The van der Waals surface area contributed by atoms with Crippen molar-refractivity contribution in [1.29, 1.82) is 0 Å². The molecule has 1 N–H and O–H groups in total. The molecule has 0 aliphatic rings. The fourth-order valence-electron chi connectivity index (χ4n) is 2.25. The summed E-state index contributed by atoms with van der Waals surface area (Å²) in [5.41, 5.74) is 2.16. The molecule has 2 aromatic heterocycles. The molecule has 0 atom stereocenters. The summed E-state index contributed by atoms with van der Waals surface area (Å²) in [5, 5.41) is 9.00. The van der Waals surface area contributed by atoms with Crippen molar-refractivity contribution in [3.63, 3.8) is 0 Å². The van der Waals surface area contributed by atoms with Gasteiger partial charge < -0.3 is 5.11 Å². The second-order valence-corrected chi connectivity index (χ2v) is 4.52. The van der Waals surface area contributed by atoms with Crippen molar-refractivity contribution in [2.45, 2.75) is 12.8 Å². The summed E-state index contributed by atoms with van der Waals surface area (Å²) in [7, 11) is 0. The quantitative estimate of drug-likeness (QED) is 0.793. The number of imidazole rings is 1. The topological polar surface area (TPSA) is 50.9 Å². The molecular formula is C15H14FN3O.